The van der Waals surface area contributed by atoms with Gasteiger partial charge in [-0.25, -0.2) is 9.59 Å². The quantitative estimate of drug-likeness (QED) is 0.877. The zero-order valence-electron chi connectivity index (χ0n) is 10.8. The van der Waals surface area contributed by atoms with E-state index in [4.69, 9.17) is 5.11 Å². The molecule has 0 aliphatic heterocycles. The van der Waals surface area contributed by atoms with Gasteiger partial charge in [-0.05, 0) is 18.6 Å². The molecule has 7 heteroatoms. The Morgan fingerprint density at radius 3 is 2.45 bits per heavy atom. The van der Waals surface area contributed by atoms with E-state index in [0.717, 1.165) is 9.25 Å². The van der Waals surface area contributed by atoms with Crippen molar-refractivity contribution < 1.29 is 9.90 Å². The summed E-state index contributed by atoms with van der Waals surface area (Å²) in [6, 6.07) is 8.37. The number of nitrogens with zero attached hydrogens (tertiary/aromatic N) is 3. The van der Waals surface area contributed by atoms with Crippen LogP contribution in [0.2, 0.25) is 0 Å². The van der Waals surface area contributed by atoms with Crippen LogP contribution in [0.5, 0.6) is 0 Å². The third-order valence-corrected chi connectivity index (χ3v) is 2.71. The van der Waals surface area contributed by atoms with Crippen LogP contribution in [0.4, 0.5) is 0 Å². The van der Waals surface area contributed by atoms with Gasteiger partial charge in [-0.1, -0.05) is 25.1 Å². The van der Waals surface area contributed by atoms with Crippen molar-refractivity contribution in [2.24, 2.45) is 0 Å². The van der Waals surface area contributed by atoms with E-state index in [1.54, 1.807) is 37.3 Å². The lowest BCUT2D eigenvalue weighted by Crippen LogP contribution is -2.44. The van der Waals surface area contributed by atoms with E-state index >= 15 is 0 Å². The molecule has 2 rings (SSSR count). The molecule has 0 aliphatic carbocycles. The number of aromatic carboxylic acids is 1. The summed E-state index contributed by atoms with van der Waals surface area (Å²) in [5, 5.41) is 12.7. The lowest BCUT2D eigenvalue weighted by Gasteiger charge is -2.09. The number of carboxylic acid groups (broad SMARTS) is 1. The highest BCUT2D eigenvalue weighted by Gasteiger charge is 2.18. The van der Waals surface area contributed by atoms with Gasteiger partial charge in [-0.2, -0.15) is 9.78 Å². The van der Waals surface area contributed by atoms with Crippen molar-refractivity contribution in [2.45, 2.75) is 19.9 Å². The molecule has 2 aromatic rings. The van der Waals surface area contributed by atoms with Gasteiger partial charge in [-0.3, -0.25) is 9.36 Å². The van der Waals surface area contributed by atoms with E-state index in [2.05, 4.69) is 5.10 Å². The number of hydrogen-bond acceptors (Lipinski definition) is 4. The Bertz CT molecular complexity index is 746. The van der Waals surface area contributed by atoms with Crippen LogP contribution in [-0.2, 0) is 6.54 Å². The Labute approximate surface area is 113 Å². The molecular weight excluding hydrogens is 262 g/mol. The Morgan fingerprint density at radius 2 is 1.90 bits per heavy atom. The molecule has 1 heterocycles. The second kappa shape index (κ2) is 5.52. The molecule has 0 saturated heterocycles. The fourth-order valence-electron chi connectivity index (χ4n) is 1.81. The normalized spacial score (nSPS) is 10.4. The number of carbonyl (C=O) groups is 1. The van der Waals surface area contributed by atoms with Gasteiger partial charge in [0.25, 0.3) is 5.56 Å². The predicted octanol–water partition coefficient (Wildman–Crippen LogP) is 0.502. The third-order valence-electron chi connectivity index (χ3n) is 2.71. The Balaban J connectivity index is 2.79. The minimum Gasteiger partial charge on any atom is -0.476 e. The molecule has 104 valence electrons. The maximum absolute atomic E-state index is 12.2. The van der Waals surface area contributed by atoms with Crippen molar-refractivity contribution in [3.05, 3.63) is 56.9 Å². The van der Waals surface area contributed by atoms with Gasteiger partial charge in [0.15, 0.2) is 0 Å². The lowest BCUT2D eigenvalue weighted by molar-refractivity contribution is 0.0684. The van der Waals surface area contributed by atoms with Crippen LogP contribution < -0.4 is 11.2 Å². The van der Waals surface area contributed by atoms with Crippen LogP contribution in [0.15, 0.2) is 39.9 Å². The summed E-state index contributed by atoms with van der Waals surface area (Å²) >= 11 is 0. The first-order chi connectivity index (χ1) is 9.56. The van der Waals surface area contributed by atoms with Crippen LogP contribution in [0.25, 0.3) is 5.69 Å². The van der Waals surface area contributed by atoms with Crippen molar-refractivity contribution in [1.82, 2.24) is 14.3 Å². The molecule has 1 aromatic heterocycles. The third kappa shape index (κ3) is 2.37. The summed E-state index contributed by atoms with van der Waals surface area (Å²) in [6.45, 7) is 1.94. The summed E-state index contributed by atoms with van der Waals surface area (Å²) < 4.78 is 1.82. The molecule has 0 radical (unpaired) electrons. The molecule has 0 aliphatic rings. The zero-order valence-corrected chi connectivity index (χ0v) is 10.8. The van der Waals surface area contributed by atoms with Crippen molar-refractivity contribution in [1.29, 1.82) is 0 Å². The fraction of sp³-hybridized carbons (Fsp3) is 0.231. The highest BCUT2D eigenvalue weighted by Crippen LogP contribution is 2.01. The van der Waals surface area contributed by atoms with E-state index < -0.39 is 22.9 Å². The van der Waals surface area contributed by atoms with Crippen molar-refractivity contribution >= 4 is 5.97 Å². The van der Waals surface area contributed by atoms with Gasteiger partial charge < -0.3 is 5.11 Å². The molecule has 0 saturated carbocycles. The molecule has 20 heavy (non-hydrogen) atoms. The highest BCUT2D eigenvalue weighted by molar-refractivity contribution is 5.84. The largest absolute Gasteiger partial charge is 0.476 e. The van der Waals surface area contributed by atoms with Gasteiger partial charge in [-0.15, -0.1) is 0 Å². The van der Waals surface area contributed by atoms with E-state index in [1.165, 1.54) is 0 Å². The first-order valence-electron chi connectivity index (χ1n) is 6.09. The number of hydrogen-bond donors (Lipinski definition) is 1. The molecule has 0 spiro atoms. The SMILES string of the molecule is CCCn1c(=O)c(C(=O)O)nn(-c2ccccc2)c1=O. The van der Waals surface area contributed by atoms with E-state index in [0.29, 0.717) is 12.1 Å². The highest BCUT2D eigenvalue weighted by atomic mass is 16.4. The van der Waals surface area contributed by atoms with Crippen LogP contribution in [0, 0.1) is 0 Å². The second-order valence-electron chi connectivity index (χ2n) is 4.14. The molecule has 1 aromatic carbocycles. The van der Waals surface area contributed by atoms with Crippen LogP contribution >= 0.6 is 0 Å². The van der Waals surface area contributed by atoms with Crippen LogP contribution in [-0.4, -0.2) is 25.4 Å². The van der Waals surface area contributed by atoms with Gasteiger partial charge in [0.1, 0.15) is 0 Å². The second-order valence-corrected chi connectivity index (χ2v) is 4.14. The van der Waals surface area contributed by atoms with Crippen molar-refractivity contribution in [2.75, 3.05) is 0 Å². The van der Waals surface area contributed by atoms with Gasteiger partial charge >= 0.3 is 11.7 Å². The fourth-order valence-corrected chi connectivity index (χ4v) is 1.81. The maximum atomic E-state index is 12.2. The topological polar surface area (TPSA) is 94.2 Å². The molecule has 0 unspecified atom stereocenters. The standard InChI is InChI=1S/C13H13N3O4/c1-2-8-15-11(17)10(12(18)19)14-16(13(15)20)9-6-4-3-5-7-9/h3-7H,2,8H2,1H3,(H,18,19). The van der Waals surface area contributed by atoms with E-state index in [9.17, 15) is 14.4 Å². The number of para-hydroxylation sites is 1. The number of carboxylic acids is 1. The smallest absolute Gasteiger partial charge is 0.362 e. The average Bonchev–Trinajstić information content (AvgIpc) is 2.44. The molecule has 7 nitrogen and oxygen atoms in total. The molecule has 0 atom stereocenters. The zero-order chi connectivity index (χ0) is 14.7. The van der Waals surface area contributed by atoms with E-state index in [1.807, 2.05) is 0 Å². The summed E-state index contributed by atoms with van der Waals surface area (Å²) in [7, 11) is 0. The summed E-state index contributed by atoms with van der Waals surface area (Å²) in [6.07, 6.45) is 0.535. The van der Waals surface area contributed by atoms with Gasteiger partial charge in [0.05, 0.1) is 5.69 Å². The number of rotatable bonds is 4. The summed E-state index contributed by atoms with van der Waals surface area (Å²) in [5.41, 5.74) is -1.78. The molecular formula is C13H13N3O4. The number of benzene rings is 1. The Kier molecular flexibility index (Phi) is 3.79. The summed E-state index contributed by atoms with van der Waals surface area (Å²) in [4.78, 5) is 35.2. The van der Waals surface area contributed by atoms with Gasteiger partial charge in [0.2, 0.25) is 5.69 Å². The van der Waals surface area contributed by atoms with Crippen molar-refractivity contribution in [3.63, 3.8) is 0 Å². The van der Waals surface area contributed by atoms with Crippen LogP contribution in [0.1, 0.15) is 23.8 Å². The Hall–Kier alpha value is -2.70. The predicted molar refractivity (Wildman–Crippen MR) is 71.3 cm³/mol. The van der Waals surface area contributed by atoms with E-state index in [-0.39, 0.29) is 6.54 Å². The average molecular weight is 275 g/mol. The lowest BCUT2D eigenvalue weighted by atomic mass is 10.3. The minimum atomic E-state index is -1.45. The monoisotopic (exact) mass is 275 g/mol. The van der Waals surface area contributed by atoms with Crippen LogP contribution in [0.3, 0.4) is 0 Å². The molecule has 0 fully saturated rings. The summed E-state index contributed by atoms with van der Waals surface area (Å²) in [5.74, 6) is -1.45. The first-order valence-corrected chi connectivity index (χ1v) is 6.09. The first kappa shape index (κ1) is 13.7. The molecule has 0 bridgehead atoms. The van der Waals surface area contributed by atoms with Gasteiger partial charge in [0, 0.05) is 6.54 Å². The molecule has 1 N–H and O–H groups in total. The van der Waals surface area contributed by atoms with Crippen molar-refractivity contribution in [3.8, 4) is 5.69 Å². The minimum absolute atomic E-state index is 0.146. The Morgan fingerprint density at radius 1 is 1.25 bits per heavy atom. The molecule has 0 amide bonds. The number of aromatic nitrogens is 3. The maximum Gasteiger partial charge on any atom is 0.362 e.